The van der Waals surface area contributed by atoms with Crippen LogP contribution in [-0.2, 0) is 0 Å². The first-order chi connectivity index (χ1) is 14.7. The minimum Gasteiger partial charge on any atom is -0.493 e. The molecule has 1 aromatic heterocycles. The number of aromatic nitrogens is 2. The quantitative estimate of drug-likeness (QED) is 0.693. The van der Waals surface area contributed by atoms with Crippen LogP contribution in [-0.4, -0.2) is 54.5 Å². The first-order valence-electron chi connectivity index (χ1n) is 9.83. The molecule has 0 unspecified atom stereocenters. The summed E-state index contributed by atoms with van der Waals surface area (Å²) in [5.41, 5.74) is 0.575. The van der Waals surface area contributed by atoms with E-state index in [1.165, 1.54) is 0 Å². The number of likely N-dealkylation sites (tertiary alicyclic amines) is 1. The summed E-state index contributed by atoms with van der Waals surface area (Å²) in [6.07, 6.45) is 3.14. The van der Waals surface area contributed by atoms with Crippen molar-refractivity contribution in [1.29, 1.82) is 0 Å². The van der Waals surface area contributed by atoms with E-state index in [1.807, 2.05) is 30.3 Å². The molecule has 0 spiro atoms. The number of piperidine rings is 1. The zero-order valence-electron chi connectivity index (χ0n) is 17.0. The van der Waals surface area contributed by atoms with Gasteiger partial charge in [-0.3, -0.25) is 0 Å². The van der Waals surface area contributed by atoms with Crippen LogP contribution in [0, 0.1) is 0 Å². The van der Waals surface area contributed by atoms with Gasteiger partial charge in [-0.1, -0.05) is 24.3 Å². The number of hydrogen-bond acceptors (Lipinski definition) is 6. The number of anilines is 1. The van der Waals surface area contributed by atoms with Crippen LogP contribution in [0.2, 0.25) is 0 Å². The zero-order chi connectivity index (χ0) is 20.9. The molecule has 30 heavy (non-hydrogen) atoms. The molecule has 1 aliphatic heterocycles. The van der Waals surface area contributed by atoms with Crippen molar-refractivity contribution in [2.24, 2.45) is 0 Å². The van der Waals surface area contributed by atoms with Crippen LogP contribution in [0.3, 0.4) is 0 Å². The van der Waals surface area contributed by atoms with Crippen molar-refractivity contribution in [3.8, 4) is 17.4 Å². The zero-order valence-corrected chi connectivity index (χ0v) is 17.0. The van der Waals surface area contributed by atoms with Crippen molar-refractivity contribution in [3.63, 3.8) is 0 Å². The Morgan fingerprint density at radius 2 is 1.87 bits per heavy atom. The van der Waals surface area contributed by atoms with Gasteiger partial charge in [0.2, 0.25) is 5.88 Å². The number of carbonyl (C=O) groups excluding carboxylic acids is 1. The average Bonchev–Trinajstić information content (AvgIpc) is 2.79. The Hall–Kier alpha value is -3.55. The Labute approximate surface area is 174 Å². The van der Waals surface area contributed by atoms with E-state index in [4.69, 9.17) is 14.2 Å². The van der Waals surface area contributed by atoms with Crippen molar-refractivity contribution in [1.82, 2.24) is 15.1 Å². The van der Waals surface area contributed by atoms with Crippen LogP contribution in [0.15, 0.2) is 48.7 Å². The smallest absolute Gasteiger partial charge is 0.321 e. The summed E-state index contributed by atoms with van der Waals surface area (Å²) in [5.74, 6) is 1.61. The number of carbonyl (C=O) groups is 1. The standard InChI is InChI=1S/C22H24N4O4/c1-28-19-9-5-8-18(20(19)29-2)24-22(27)26-12-10-16(11-13-26)30-21-17-7-4-3-6-15(17)14-23-25-21/h3-9,14,16H,10-13H2,1-2H3,(H,24,27). The molecule has 0 saturated carbocycles. The van der Waals surface area contributed by atoms with Crippen LogP contribution in [0.5, 0.6) is 17.4 Å². The van der Waals surface area contributed by atoms with E-state index in [0.717, 1.165) is 10.8 Å². The molecule has 1 aliphatic rings. The third-order valence-electron chi connectivity index (χ3n) is 5.19. The van der Waals surface area contributed by atoms with Gasteiger partial charge in [0, 0.05) is 36.7 Å². The van der Waals surface area contributed by atoms with E-state index in [-0.39, 0.29) is 12.1 Å². The van der Waals surface area contributed by atoms with Gasteiger partial charge in [0.15, 0.2) is 11.5 Å². The Balaban J connectivity index is 1.37. The maximum Gasteiger partial charge on any atom is 0.321 e. The SMILES string of the molecule is COc1cccc(NC(=O)N2CCC(Oc3nncc4ccccc34)CC2)c1OC. The molecule has 1 N–H and O–H groups in total. The number of benzene rings is 2. The van der Waals surface area contributed by atoms with Crippen LogP contribution in [0.4, 0.5) is 10.5 Å². The second kappa shape index (κ2) is 8.86. The van der Waals surface area contributed by atoms with E-state index < -0.39 is 0 Å². The minimum absolute atomic E-state index is 0.0134. The normalized spacial score (nSPS) is 14.4. The summed E-state index contributed by atoms with van der Waals surface area (Å²) in [7, 11) is 3.11. The predicted molar refractivity (Wildman–Crippen MR) is 113 cm³/mol. The summed E-state index contributed by atoms with van der Waals surface area (Å²) in [4.78, 5) is 14.5. The highest BCUT2D eigenvalue weighted by atomic mass is 16.5. The summed E-state index contributed by atoms with van der Waals surface area (Å²) >= 11 is 0. The average molecular weight is 408 g/mol. The highest BCUT2D eigenvalue weighted by Gasteiger charge is 2.25. The van der Waals surface area contributed by atoms with Gasteiger partial charge in [-0.25, -0.2) is 4.79 Å². The molecular formula is C22H24N4O4. The Bertz CT molecular complexity index is 1030. The van der Waals surface area contributed by atoms with Crippen molar-refractivity contribution >= 4 is 22.5 Å². The number of methoxy groups -OCH3 is 2. The number of para-hydroxylation sites is 1. The van der Waals surface area contributed by atoms with E-state index >= 15 is 0 Å². The van der Waals surface area contributed by atoms with Gasteiger partial charge in [-0.05, 0) is 18.2 Å². The number of rotatable bonds is 5. The fourth-order valence-electron chi connectivity index (χ4n) is 3.60. The Morgan fingerprint density at radius 3 is 2.63 bits per heavy atom. The van der Waals surface area contributed by atoms with E-state index in [2.05, 4.69) is 15.5 Å². The first kappa shape index (κ1) is 19.8. The van der Waals surface area contributed by atoms with Crippen LogP contribution in [0.1, 0.15) is 12.8 Å². The molecule has 1 fully saturated rings. The van der Waals surface area contributed by atoms with E-state index in [1.54, 1.807) is 37.4 Å². The van der Waals surface area contributed by atoms with Crippen LogP contribution in [0.25, 0.3) is 10.8 Å². The van der Waals surface area contributed by atoms with Gasteiger partial charge in [0.1, 0.15) is 6.10 Å². The molecule has 0 aliphatic carbocycles. The molecule has 2 amide bonds. The monoisotopic (exact) mass is 408 g/mol. The summed E-state index contributed by atoms with van der Waals surface area (Å²) in [6, 6.07) is 13.1. The number of amides is 2. The number of urea groups is 1. The molecule has 2 aromatic carbocycles. The van der Waals surface area contributed by atoms with Crippen molar-refractivity contribution in [2.75, 3.05) is 32.6 Å². The second-order valence-corrected chi connectivity index (χ2v) is 7.01. The van der Waals surface area contributed by atoms with Gasteiger partial charge >= 0.3 is 6.03 Å². The van der Waals surface area contributed by atoms with Crippen molar-refractivity contribution in [2.45, 2.75) is 18.9 Å². The highest BCUT2D eigenvalue weighted by molar-refractivity contribution is 5.91. The second-order valence-electron chi connectivity index (χ2n) is 7.01. The maximum absolute atomic E-state index is 12.7. The molecule has 4 rings (SSSR count). The predicted octanol–water partition coefficient (Wildman–Crippen LogP) is 3.72. The fraction of sp³-hybridized carbons (Fsp3) is 0.318. The maximum atomic E-state index is 12.7. The summed E-state index contributed by atoms with van der Waals surface area (Å²) in [6.45, 7) is 1.17. The van der Waals surface area contributed by atoms with Gasteiger partial charge < -0.3 is 24.4 Å². The van der Waals surface area contributed by atoms with Crippen LogP contribution < -0.4 is 19.5 Å². The highest BCUT2D eigenvalue weighted by Crippen LogP contribution is 2.35. The number of nitrogens with one attached hydrogen (secondary N) is 1. The lowest BCUT2D eigenvalue weighted by molar-refractivity contribution is 0.112. The third-order valence-corrected chi connectivity index (χ3v) is 5.19. The van der Waals surface area contributed by atoms with Gasteiger partial charge in [0.05, 0.1) is 26.1 Å². The van der Waals surface area contributed by atoms with E-state index in [9.17, 15) is 4.79 Å². The first-order valence-corrected chi connectivity index (χ1v) is 9.83. The molecule has 8 nitrogen and oxygen atoms in total. The minimum atomic E-state index is -0.176. The number of ether oxygens (including phenoxy) is 3. The number of nitrogens with zero attached hydrogens (tertiary/aromatic N) is 3. The van der Waals surface area contributed by atoms with Gasteiger partial charge in [-0.2, -0.15) is 5.10 Å². The molecule has 156 valence electrons. The molecule has 3 aromatic rings. The molecule has 0 bridgehead atoms. The van der Waals surface area contributed by atoms with Gasteiger partial charge in [0.25, 0.3) is 0 Å². The Morgan fingerprint density at radius 1 is 1.07 bits per heavy atom. The van der Waals surface area contributed by atoms with E-state index in [0.29, 0.717) is 49.0 Å². The van der Waals surface area contributed by atoms with Crippen LogP contribution >= 0.6 is 0 Å². The number of fused-ring (bicyclic) bond motifs is 1. The number of hydrogen-bond donors (Lipinski definition) is 1. The fourth-order valence-corrected chi connectivity index (χ4v) is 3.60. The molecular weight excluding hydrogens is 384 g/mol. The van der Waals surface area contributed by atoms with Gasteiger partial charge in [-0.15, -0.1) is 5.10 Å². The summed E-state index contributed by atoms with van der Waals surface area (Å²) in [5, 5.41) is 13.0. The summed E-state index contributed by atoms with van der Waals surface area (Å²) < 4.78 is 16.8. The molecule has 8 heteroatoms. The Kier molecular flexibility index (Phi) is 5.83. The third kappa shape index (κ3) is 4.07. The molecule has 0 atom stereocenters. The lowest BCUT2D eigenvalue weighted by atomic mass is 10.1. The molecule has 1 saturated heterocycles. The largest absolute Gasteiger partial charge is 0.493 e. The topological polar surface area (TPSA) is 85.8 Å². The van der Waals surface area contributed by atoms with Crippen molar-refractivity contribution in [3.05, 3.63) is 48.7 Å². The lowest BCUT2D eigenvalue weighted by Crippen LogP contribution is -2.43. The molecule has 2 heterocycles. The van der Waals surface area contributed by atoms with Crippen molar-refractivity contribution < 1.29 is 19.0 Å². The lowest BCUT2D eigenvalue weighted by Gasteiger charge is -2.32. The molecule has 0 radical (unpaired) electrons.